The van der Waals surface area contributed by atoms with Crippen LogP contribution in [0, 0.1) is 5.41 Å². The average Bonchev–Trinajstić information content (AvgIpc) is 2.41. The fourth-order valence-electron chi connectivity index (χ4n) is 2.79. The maximum atomic E-state index is 11.7. The predicted octanol–water partition coefficient (Wildman–Crippen LogP) is 4.03. The molecule has 19 heavy (non-hydrogen) atoms. The van der Waals surface area contributed by atoms with Crippen molar-refractivity contribution in [3.8, 4) is 0 Å². The van der Waals surface area contributed by atoms with E-state index in [0.29, 0.717) is 17.7 Å². The zero-order valence-corrected chi connectivity index (χ0v) is 13.4. The molecule has 3 heteroatoms. The van der Waals surface area contributed by atoms with Crippen LogP contribution in [0.4, 0.5) is 0 Å². The molecule has 1 aromatic carbocycles. The summed E-state index contributed by atoms with van der Waals surface area (Å²) in [5.74, 6) is 0.297. The quantitative estimate of drug-likeness (QED) is 0.822. The highest BCUT2D eigenvalue weighted by atomic mass is 79.9. The van der Waals surface area contributed by atoms with Crippen LogP contribution in [0.25, 0.3) is 0 Å². The van der Waals surface area contributed by atoms with Gasteiger partial charge < -0.3 is 4.90 Å². The summed E-state index contributed by atoms with van der Waals surface area (Å²) in [6.07, 6.45) is 3.95. The summed E-state index contributed by atoms with van der Waals surface area (Å²) in [5.41, 5.74) is 1.72. The van der Waals surface area contributed by atoms with Crippen molar-refractivity contribution in [2.45, 2.75) is 39.5 Å². The van der Waals surface area contributed by atoms with E-state index in [1.54, 1.807) is 0 Å². The molecule has 1 aromatic rings. The molecule has 0 saturated carbocycles. The van der Waals surface area contributed by atoms with Crippen molar-refractivity contribution in [1.29, 1.82) is 0 Å². The first-order valence-electron chi connectivity index (χ1n) is 7.05. The van der Waals surface area contributed by atoms with Crippen LogP contribution in [0.15, 0.2) is 28.7 Å². The molecule has 0 radical (unpaired) electrons. The molecule has 0 aromatic heterocycles. The second kappa shape index (κ2) is 6.08. The van der Waals surface area contributed by atoms with Crippen LogP contribution >= 0.6 is 15.9 Å². The molecule has 104 valence electrons. The van der Waals surface area contributed by atoms with Crippen molar-refractivity contribution in [2.75, 3.05) is 13.1 Å². The summed E-state index contributed by atoms with van der Waals surface area (Å²) in [6.45, 7) is 6.13. The van der Waals surface area contributed by atoms with Crippen LogP contribution in [0.3, 0.4) is 0 Å². The molecule has 2 nitrogen and oxygen atoms in total. The number of benzene rings is 1. The number of likely N-dealkylation sites (tertiary alicyclic amines) is 1. The summed E-state index contributed by atoms with van der Waals surface area (Å²) < 4.78 is 1.13. The summed E-state index contributed by atoms with van der Waals surface area (Å²) in [6, 6.07) is 8.60. The molecule has 1 heterocycles. The van der Waals surface area contributed by atoms with E-state index < -0.39 is 0 Å². The highest BCUT2D eigenvalue weighted by Gasteiger charge is 2.31. The van der Waals surface area contributed by atoms with Crippen molar-refractivity contribution in [2.24, 2.45) is 5.41 Å². The minimum atomic E-state index is 0.297. The van der Waals surface area contributed by atoms with Gasteiger partial charge in [0.1, 0.15) is 0 Å². The Kier molecular flexibility index (Phi) is 4.67. The summed E-state index contributed by atoms with van der Waals surface area (Å²) in [7, 11) is 0. The number of carbonyl (C=O) groups excluding carboxylic acids is 1. The molecule has 0 bridgehead atoms. The van der Waals surface area contributed by atoms with Gasteiger partial charge in [0.15, 0.2) is 0 Å². The largest absolute Gasteiger partial charge is 0.343 e. The molecular weight excluding hydrogens is 302 g/mol. The lowest BCUT2D eigenvalue weighted by Gasteiger charge is -2.39. The SMILES string of the molecule is CCC(=O)N1CCC(C)(Cc2ccc(Br)cc2)CC1. The van der Waals surface area contributed by atoms with Crippen molar-refractivity contribution >= 4 is 21.8 Å². The van der Waals surface area contributed by atoms with E-state index in [2.05, 4.69) is 47.1 Å². The van der Waals surface area contributed by atoms with Gasteiger partial charge in [0.2, 0.25) is 5.91 Å². The van der Waals surface area contributed by atoms with Crippen LogP contribution < -0.4 is 0 Å². The van der Waals surface area contributed by atoms with Crippen LogP contribution in [0.1, 0.15) is 38.7 Å². The molecule has 1 aliphatic rings. The molecule has 0 aliphatic carbocycles. The lowest BCUT2D eigenvalue weighted by atomic mass is 9.75. The second-order valence-electron chi connectivity index (χ2n) is 5.85. The normalized spacial score (nSPS) is 18.4. The Morgan fingerprint density at radius 3 is 2.37 bits per heavy atom. The van der Waals surface area contributed by atoms with Gasteiger partial charge >= 0.3 is 0 Å². The maximum absolute atomic E-state index is 11.7. The van der Waals surface area contributed by atoms with E-state index in [4.69, 9.17) is 0 Å². The Morgan fingerprint density at radius 2 is 1.84 bits per heavy atom. The van der Waals surface area contributed by atoms with Gasteiger partial charge in [-0.15, -0.1) is 0 Å². The van der Waals surface area contributed by atoms with Crippen LogP contribution in [-0.2, 0) is 11.2 Å². The van der Waals surface area contributed by atoms with Crippen molar-refractivity contribution in [1.82, 2.24) is 4.90 Å². The fraction of sp³-hybridized carbons (Fsp3) is 0.562. The van der Waals surface area contributed by atoms with Gasteiger partial charge in [0, 0.05) is 24.0 Å². The molecule has 0 N–H and O–H groups in total. The number of amides is 1. The van der Waals surface area contributed by atoms with E-state index in [1.165, 1.54) is 5.56 Å². The fourth-order valence-corrected chi connectivity index (χ4v) is 3.06. The molecule has 1 aliphatic heterocycles. The Labute approximate surface area is 124 Å². The first-order valence-corrected chi connectivity index (χ1v) is 7.84. The number of hydrogen-bond donors (Lipinski definition) is 0. The van der Waals surface area contributed by atoms with E-state index in [-0.39, 0.29) is 0 Å². The van der Waals surface area contributed by atoms with Gasteiger partial charge in [-0.2, -0.15) is 0 Å². The Morgan fingerprint density at radius 1 is 1.26 bits per heavy atom. The number of rotatable bonds is 3. The maximum Gasteiger partial charge on any atom is 0.222 e. The van der Waals surface area contributed by atoms with E-state index in [9.17, 15) is 4.79 Å². The predicted molar refractivity (Wildman–Crippen MR) is 82.1 cm³/mol. The second-order valence-corrected chi connectivity index (χ2v) is 6.76. The number of halogens is 1. The Balaban J connectivity index is 1.94. The van der Waals surface area contributed by atoms with E-state index in [1.807, 2.05) is 11.8 Å². The van der Waals surface area contributed by atoms with Crippen LogP contribution in [0.5, 0.6) is 0 Å². The Hall–Kier alpha value is -0.830. The summed E-state index contributed by atoms with van der Waals surface area (Å²) in [4.78, 5) is 13.7. The third-order valence-electron chi connectivity index (χ3n) is 4.17. The summed E-state index contributed by atoms with van der Waals surface area (Å²) in [5, 5.41) is 0. The highest BCUT2D eigenvalue weighted by Crippen LogP contribution is 2.34. The molecule has 0 unspecified atom stereocenters. The molecule has 1 fully saturated rings. The lowest BCUT2D eigenvalue weighted by molar-refractivity contribution is -0.133. The lowest BCUT2D eigenvalue weighted by Crippen LogP contribution is -2.42. The van der Waals surface area contributed by atoms with Crippen LogP contribution in [-0.4, -0.2) is 23.9 Å². The molecule has 2 rings (SSSR count). The smallest absolute Gasteiger partial charge is 0.222 e. The zero-order chi connectivity index (χ0) is 13.9. The topological polar surface area (TPSA) is 20.3 Å². The average molecular weight is 324 g/mol. The van der Waals surface area contributed by atoms with Gasteiger partial charge in [-0.25, -0.2) is 0 Å². The van der Waals surface area contributed by atoms with Gasteiger partial charge in [-0.1, -0.05) is 41.9 Å². The number of hydrogen-bond acceptors (Lipinski definition) is 1. The van der Waals surface area contributed by atoms with Crippen molar-refractivity contribution in [3.05, 3.63) is 34.3 Å². The molecular formula is C16H22BrNO. The van der Waals surface area contributed by atoms with Gasteiger partial charge in [-0.05, 0) is 42.4 Å². The van der Waals surface area contributed by atoms with E-state index >= 15 is 0 Å². The number of piperidine rings is 1. The molecule has 1 saturated heterocycles. The Bertz CT molecular complexity index is 433. The number of carbonyl (C=O) groups is 1. The molecule has 0 atom stereocenters. The van der Waals surface area contributed by atoms with Gasteiger partial charge in [-0.3, -0.25) is 4.79 Å². The van der Waals surface area contributed by atoms with Crippen molar-refractivity contribution in [3.63, 3.8) is 0 Å². The number of nitrogens with zero attached hydrogens (tertiary/aromatic N) is 1. The van der Waals surface area contributed by atoms with E-state index in [0.717, 1.165) is 36.8 Å². The molecule has 0 spiro atoms. The monoisotopic (exact) mass is 323 g/mol. The highest BCUT2D eigenvalue weighted by molar-refractivity contribution is 9.10. The zero-order valence-electron chi connectivity index (χ0n) is 11.8. The van der Waals surface area contributed by atoms with Gasteiger partial charge in [0.25, 0.3) is 0 Å². The van der Waals surface area contributed by atoms with Crippen molar-refractivity contribution < 1.29 is 4.79 Å². The first-order chi connectivity index (χ1) is 9.02. The first kappa shape index (κ1) is 14.6. The van der Waals surface area contributed by atoms with Crippen LogP contribution in [0.2, 0.25) is 0 Å². The minimum absolute atomic E-state index is 0.297. The minimum Gasteiger partial charge on any atom is -0.343 e. The third-order valence-corrected chi connectivity index (χ3v) is 4.70. The molecule has 1 amide bonds. The summed E-state index contributed by atoms with van der Waals surface area (Å²) >= 11 is 3.47. The standard InChI is InChI=1S/C16H22BrNO/c1-3-15(19)18-10-8-16(2,9-11-18)12-13-4-6-14(17)7-5-13/h4-7H,3,8-12H2,1-2H3. The van der Waals surface area contributed by atoms with Gasteiger partial charge in [0.05, 0.1) is 0 Å². The third kappa shape index (κ3) is 3.82.